The highest BCUT2D eigenvalue weighted by Crippen LogP contribution is 2.26. The van der Waals surface area contributed by atoms with Crippen LogP contribution in [-0.2, 0) is 0 Å². The summed E-state index contributed by atoms with van der Waals surface area (Å²) in [6.45, 7) is 5.66. The summed E-state index contributed by atoms with van der Waals surface area (Å²) in [5, 5.41) is 7.43. The summed E-state index contributed by atoms with van der Waals surface area (Å²) in [7, 11) is 1.90. The minimum absolute atomic E-state index is 0.205. The van der Waals surface area contributed by atoms with Crippen LogP contribution in [0.3, 0.4) is 0 Å². The van der Waals surface area contributed by atoms with Crippen LogP contribution in [0.4, 0.5) is 0 Å². The highest BCUT2D eigenvalue weighted by Gasteiger charge is 2.30. The fraction of sp³-hybridized carbons (Fsp3) is 0.333. The van der Waals surface area contributed by atoms with Crippen molar-refractivity contribution >= 4 is 45.8 Å². The molecule has 32 heavy (non-hydrogen) atoms. The van der Waals surface area contributed by atoms with Gasteiger partial charge in [0.05, 0.1) is 21.4 Å². The van der Waals surface area contributed by atoms with Gasteiger partial charge in [-0.2, -0.15) is 0 Å². The average molecular weight is 472 g/mol. The van der Waals surface area contributed by atoms with E-state index in [-0.39, 0.29) is 45.9 Å². The minimum atomic E-state index is -0.266. The molecule has 0 radical (unpaired) electrons. The van der Waals surface area contributed by atoms with Crippen molar-refractivity contribution in [3.8, 4) is 0 Å². The lowest BCUT2D eigenvalue weighted by molar-refractivity contribution is 0.0976. The number of thiazole rings is 2. The summed E-state index contributed by atoms with van der Waals surface area (Å²) in [5.74, 6) is -0.943. The Hall–Kier alpha value is -3.02. The lowest BCUT2D eigenvalue weighted by atomic mass is 10.0. The Balaban J connectivity index is 1.24. The minimum Gasteiger partial charge on any atom is -0.380 e. The smallest absolute Gasteiger partial charge is 0.228 e. The second-order valence-corrected chi connectivity index (χ2v) is 9.89. The zero-order valence-electron chi connectivity index (χ0n) is 17.8. The summed E-state index contributed by atoms with van der Waals surface area (Å²) in [6, 6.07) is 0. The molecule has 0 aromatic carbocycles. The third-order valence-corrected chi connectivity index (χ3v) is 6.97. The molecule has 2 heterocycles. The lowest BCUT2D eigenvalue weighted by Gasteiger charge is -2.20. The number of allylic oxidation sites excluding steroid dienone is 4. The van der Waals surface area contributed by atoms with Crippen LogP contribution in [0.1, 0.15) is 50.3 Å². The SMILES string of the molecule is Cc1nc2c(s1)C(=O)C=C(NCCN(C)CCNC1=CC(=O)c3sc(C)nc3C1=O)C2=O. The highest BCUT2D eigenvalue weighted by atomic mass is 32.1. The molecule has 0 fully saturated rings. The van der Waals surface area contributed by atoms with Gasteiger partial charge in [0.1, 0.15) is 21.1 Å². The summed E-state index contributed by atoms with van der Waals surface area (Å²) in [6.07, 6.45) is 2.66. The lowest BCUT2D eigenvalue weighted by Crippen LogP contribution is -2.37. The Morgan fingerprint density at radius 2 is 1.19 bits per heavy atom. The number of carbonyl (C=O) groups excluding carboxylic acids is 4. The Labute approximate surface area is 192 Å². The van der Waals surface area contributed by atoms with Crippen molar-refractivity contribution in [1.29, 1.82) is 0 Å². The summed E-state index contributed by atoms with van der Waals surface area (Å²) >= 11 is 2.46. The van der Waals surface area contributed by atoms with Crippen LogP contribution in [0.5, 0.6) is 0 Å². The highest BCUT2D eigenvalue weighted by molar-refractivity contribution is 7.14. The van der Waals surface area contributed by atoms with Gasteiger partial charge in [-0.3, -0.25) is 19.2 Å². The maximum atomic E-state index is 12.5. The number of aryl methyl sites for hydroxylation is 2. The number of carbonyl (C=O) groups is 4. The monoisotopic (exact) mass is 471 g/mol. The van der Waals surface area contributed by atoms with E-state index in [9.17, 15) is 19.2 Å². The number of nitrogens with one attached hydrogen (secondary N) is 2. The molecule has 0 amide bonds. The average Bonchev–Trinajstić information content (AvgIpc) is 3.33. The molecule has 0 saturated heterocycles. The first kappa shape index (κ1) is 22.2. The molecule has 0 bridgehead atoms. The van der Waals surface area contributed by atoms with Crippen LogP contribution in [0.25, 0.3) is 0 Å². The Kier molecular flexibility index (Phi) is 6.13. The number of rotatable bonds is 8. The van der Waals surface area contributed by atoms with Gasteiger partial charge in [0.15, 0.2) is 11.6 Å². The molecule has 2 aliphatic rings. The third-order valence-electron chi connectivity index (χ3n) is 5.00. The molecule has 0 spiro atoms. The zero-order chi connectivity index (χ0) is 23.0. The van der Waals surface area contributed by atoms with Crippen LogP contribution in [0.2, 0.25) is 0 Å². The molecule has 4 rings (SSSR count). The molecular weight excluding hydrogens is 450 g/mol. The van der Waals surface area contributed by atoms with E-state index in [2.05, 4.69) is 20.6 Å². The molecule has 0 atom stereocenters. The van der Waals surface area contributed by atoms with Gasteiger partial charge in [0.2, 0.25) is 11.6 Å². The van der Waals surface area contributed by atoms with Gasteiger partial charge in [-0.05, 0) is 20.9 Å². The van der Waals surface area contributed by atoms with E-state index in [0.29, 0.717) is 45.9 Å². The Morgan fingerprint density at radius 3 is 1.59 bits per heavy atom. The van der Waals surface area contributed by atoms with Gasteiger partial charge < -0.3 is 15.5 Å². The standard InChI is InChI=1S/C21H21N5O4S2/c1-10-24-16-18(29)12(8-14(27)20(16)31-10)22-4-6-26(3)7-5-23-13-9-15(28)21-17(19(13)30)25-11(2)32-21/h8-9,22-23H,4-7H2,1-3H3. The van der Waals surface area contributed by atoms with Crippen molar-refractivity contribution < 1.29 is 19.2 Å². The molecule has 2 aromatic rings. The molecule has 0 unspecified atom stereocenters. The number of Topliss-reactive ketones (excluding diaryl/α,β-unsaturated/α-hetero) is 2. The van der Waals surface area contributed by atoms with Gasteiger partial charge >= 0.3 is 0 Å². The van der Waals surface area contributed by atoms with Crippen molar-refractivity contribution in [2.45, 2.75) is 13.8 Å². The zero-order valence-corrected chi connectivity index (χ0v) is 19.4. The molecule has 2 aromatic heterocycles. The molecule has 2 aliphatic carbocycles. The Bertz CT molecular complexity index is 1110. The first-order valence-electron chi connectivity index (χ1n) is 9.97. The number of fused-ring (bicyclic) bond motifs is 2. The normalized spacial score (nSPS) is 15.5. The third kappa shape index (κ3) is 4.31. The van der Waals surface area contributed by atoms with E-state index in [1.165, 1.54) is 34.8 Å². The fourth-order valence-electron chi connectivity index (χ4n) is 3.41. The quantitative estimate of drug-likeness (QED) is 0.591. The van der Waals surface area contributed by atoms with Gasteiger partial charge in [-0.15, -0.1) is 22.7 Å². The van der Waals surface area contributed by atoms with Gasteiger partial charge in [-0.25, -0.2) is 9.97 Å². The first-order chi connectivity index (χ1) is 15.2. The predicted molar refractivity (Wildman–Crippen MR) is 121 cm³/mol. The molecule has 0 aliphatic heterocycles. The van der Waals surface area contributed by atoms with Crippen LogP contribution < -0.4 is 10.6 Å². The van der Waals surface area contributed by atoms with E-state index in [1.54, 1.807) is 13.8 Å². The van der Waals surface area contributed by atoms with Crippen LogP contribution in [-0.4, -0.2) is 71.2 Å². The number of hydrogen-bond donors (Lipinski definition) is 2. The van der Waals surface area contributed by atoms with Crippen molar-refractivity contribution in [1.82, 2.24) is 25.5 Å². The second kappa shape index (κ2) is 8.85. The second-order valence-electron chi connectivity index (χ2n) is 7.48. The predicted octanol–water partition coefficient (Wildman–Crippen LogP) is 1.55. The van der Waals surface area contributed by atoms with Gasteiger partial charge in [0, 0.05) is 38.3 Å². The van der Waals surface area contributed by atoms with E-state index in [1.807, 2.05) is 11.9 Å². The fourth-order valence-corrected chi connectivity index (χ4v) is 5.07. The number of likely N-dealkylation sites (N-methyl/N-ethyl adjacent to an activating group) is 1. The van der Waals surface area contributed by atoms with Crippen LogP contribution in [0, 0.1) is 13.8 Å². The van der Waals surface area contributed by atoms with Crippen molar-refractivity contribution in [3.05, 3.63) is 54.7 Å². The maximum absolute atomic E-state index is 12.5. The summed E-state index contributed by atoms with van der Waals surface area (Å²) in [5.41, 5.74) is 0.951. The number of ketones is 4. The number of hydrogen-bond acceptors (Lipinski definition) is 11. The van der Waals surface area contributed by atoms with E-state index >= 15 is 0 Å². The van der Waals surface area contributed by atoms with Crippen molar-refractivity contribution in [3.63, 3.8) is 0 Å². The maximum Gasteiger partial charge on any atom is 0.228 e. The number of nitrogens with zero attached hydrogens (tertiary/aromatic N) is 3. The summed E-state index contributed by atoms with van der Waals surface area (Å²) in [4.78, 5) is 60.6. The molecular formula is C21H21N5O4S2. The van der Waals surface area contributed by atoms with Gasteiger partial charge in [-0.1, -0.05) is 0 Å². The summed E-state index contributed by atoms with van der Waals surface area (Å²) < 4.78 is 0. The van der Waals surface area contributed by atoms with Crippen molar-refractivity contribution in [2.24, 2.45) is 0 Å². The van der Waals surface area contributed by atoms with Crippen LogP contribution in [0.15, 0.2) is 23.5 Å². The number of aromatic nitrogens is 2. The van der Waals surface area contributed by atoms with Gasteiger partial charge in [0.25, 0.3) is 0 Å². The van der Waals surface area contributed by atoms with E-state index in [0.717, 1.165) is 0 Å². The molecule has 166 valence electrons. The molecule has 2 N–H and O–H groups in total. The van der Waals surface area contributed by atoms with E-state index in [4.69, 9.17) is 0 Å². The molecule has 0 saturated carbocycles. The molecule has 9 nitrogen and oxygen atoms in total. The van der Waals surface area contributed by atoms with Crippen molar-refractivity contribution in [2.75, 3.05) is 33.2 Å². The van der Waals surface area contributed by atoms with E-state index < -0.39 is 0 Å². The van der Waals surface area contributed by atoms with Crippen LogP contribution >= 0.6 is 22.7 Å². The topological polar surface area (TPSA) is 121 Å². The Morgan fingerprint density at radius 1 is 0.781 bits per heavy atom. The first-order valence-corrected chi connectivity index (χ1v) is 11.6. The largest absolute Gasteiger partial charge is 0.380 e. The molecule has 11 heteroatoms.